The van der Waals surface area contributed by atoms with Gasteiger partial charge in [0, 0.05) is 19.6 Å². The highest BCUT2D eigenvalue weighted by molar-refractivity contribution is 5.83. The molecule has 0 saturated carbocycles. The van der Waals surface area contributed by atoms with Crippen LogP contribution in [0.1, 0.15) is 39.5 Å². The Morgan fingerprint density at radius 3 is 2.31 bits per heavy atom. The van der Waals surface area contributed by atoms with E-state index in [4.69, 9.17) is 0 Å². The Kier molecular flexibility index (Phi) is 3.24. The molecule has 2 heterocycles. The van der Waals surface area contributed by atoms with Crippen LogP contribution in [0.4, 0.5) is 0 Å². The topological polar surface area (TPSA) is 23.6 Å². The van der Waals surface area contributed by atoms with E-state index in [-0.39, 0.29) is 5.41 Å². The molecule has 0 aliphatic carbocycles. The van der Waals surface area contributed by atoms with E-state index in [2.05, 4.69) is 18.7 Å². The molecule has 3 nitrogen and oxygen atoms in total. The zero-order valence-electron chi connectivity index (χ0n) is 10.8. The van der Waals surface area contributed by atoms with Gasteiger partial charge in [-0.1, -0.05) is 0 Å². The van der Waals surface area contributed by atoms with E-state index in [0.717, 1.165) is 38.9 Å². The van der Waals surface area contributed by atoms with Crippen molar-refractivity contribution in [3.8, 4) is 0 Å². The lowest BCUT2D eigenvalue weighted by Gasteiger charge is -2.46. The van der Waals surface area contributed by atoms with Gasteiger partial charge in [0.25, 0.3) is 0 Å². The molecule has 16 heavy (non-hydrogen) atoms. The normalized spacial score (nSPS) is 26.8. The number of carbonyl (C=O) groups is 1. The van der Waals surface area contributed by atoms with Crippen LogP contribution >= 0.6 is 0 Å². The Balaban J connectivity index is 2.03. The van der Waals surface area contributed by atoms with Gasteiger partial charge in [0.2, 0.25) is 5.91 Å². The van der Waals surface area contributed by atoms with Gasteiger partial charge < -0.3 is 9.80 Å². The molecule has 1 spiro atoms. The maximum absolute atomic E-state index is 12.3. The lowest BCUT2D eigenvalue weighted by Crippen LogP contribution is -2.53. The van der Waals surface area contributed by atoms with Crippen LogP contribution in [-0.4, -0.2) is 48.4 Å². The van der Waals surface area contributed by atoms with Crippen LogP contribution < -0.4 is 0 Å². The first kappa shape index (κ1) is 11.9. The lowest BCUT2D eigenvalue weighted by molar-refractivity contribution is -0.148. The van der Waals surface area contributed by atoms with Gasteiger partial charge in [0.1, 0.15) is 0 Å². The molecule has 92 valence electrons. The molecule has 0 aromatic carbocycles. The molecule has 0 aromatic heterocycles. The highest BCUT2D eigenvalue weighted by Gasteiger charge is 2.44. The summed E-state index contributed by atoms with van der Waals surface area (Å²) in [6.07, 6.45) is 4.43. The Hall–Kier alpha value is -0.570. The summed E-state index contributed by atoms with van der Waals surface area (Å²) < 4.78 is 0. The summed E-state index contributed by atoms with van der Waals surface area (Å²) in [5.41, 5.74) is -0.00160. The van der Waals surface area contributed by atoms with Crippen molar-refractivity contribution < 1.29 is 4.79 Å². The summed E-state index contributed by atoms with van der Waals surface area (Å²) in [6.45, 7) is 7.63. The second kappa shape index (κ2) is 4.36. The summed E-state index contributed by atoms with van der Waals surface area (Å²) in [6, 6.07) is 0.619. The van der Waals surface area contributed by atoms with Gasteiger partial charge in [-0.2, -0.15) is 0 Å². The van der Waals surface area contributed by atoms with Crippen molar-refractivity contribution in [3.05, 3.63) is 0 Å². The fourth-order valence-electron chi connectivity index (χ4n) is 3.20. The zero-order valence-corrected chi connectivity index (χ0v) is 10.8. The second-order valence-electron chi connectivity index (χ2n) is 5.74. The first-order chi connectivity index (χ1) is 7.55. The van der Waals surface area contributed by atoms with Crippen molar-refractivity contribution in [2.75, 3.05) is 26.7 Å². The molecule has 2 aliphatic heterocycles. The summed E-state index contributed by atoms with van der Waals surface area (Å²) in [5.74, 6) is 0.405. The third kappa shape index (κ3) is 1.97. The van der Waals surface area contributed by atoms with E-state index < -0.39 is 0 Å². The van der Waals surface area contributed by atoms with Crippen molar-refractivity contribution in [1.82, 2.24) is 9.80 Å². The Morgan fingerprint density at radius 1 is 1.12 bits per heavy atom. The van der Waals surface area contributed by atoms with Crippen molar-refractivity contribution in [2.24, 2.45) is 5.41 Å². The molecule has 1 amide bonds. The first-order valence-corrected chi connectivity index (χ1v) is 6.55. The molecule has 3 heteroatoms. The summed E-state index contributed by atoms with van der Waals surface area (Å²) in [5, 5.41) is 0. The average Bonchev–Trinajstić information content (AvgIpc) is 2.27. The summed E-state index contributed by atoms with van der Waals surface area (Å²) in [4.78, 5) is 16.7. The van der Waals surface area contributed by atoms with Crippen LogP contribution in [0.5, 0.6) is 0 Å². The third-order valence-electron chi connectivity index (χ3n) is 4.43. The number of rotatable bonds is 1. The van der Waals surface area contributed by atoms with Gasteiger partial charge in [-0.05, 0) is 52.6 Å². The molecule has 2 rings (SSSR count). The van der Waals surface area contributed by atoms with E-state index in [1.165, 1.54) is 6.42 Å². The number of hydrogen-bond acceptors (Lipinski definition) is 2. The number of piperidine rings is 2. The fourth-order valence-corrected chi connectivity index (χ4v) is 3.20. The molecule has 2 fully saturated rings. The molecular weight excluding hydrogens is 200 g/mol. The SMILES string of the molecule is CC(C)N1CCC2(CCCN(C)C2=O)CC1. The van der Waals surface area contributed by atoms with E-state index in [1.54, 1.807) is 0 Å². The van der Waals surface area contributed by atoms with Crippen LogP contribution in [0.3, 0.4) is 0 Å². The van der Waals surface area contributed by atoms with Crippen LogP contribution in [0.25, 0.3) is 0 Å². The van der Waals surface area contributed by atoms with Crippen molar-refractivity contribution >= 4 is 5.91 Å². The Labute approximate surface area is 98.8 Å². The zero-order chi connectivity index (χ0) is 11.8. The molecule has 0 bridgehead atoms. The first-order valence-electron chi connectivity index (χ1n) is 6.55. The van der Waals surface area contributed by atoms with Crippen LogP contribution in [-0.2, 0) is 4.79 Å². The molecular formula is C13H24N2O. The maximum atomic E-state index is 12.3. The van der Waals surface area contributed by atoms with Crippen LogP contribution in [0.15, 0.2) is 0 Å². The van der Waals surface area contributed by atoms with E-state index in [0.29, 0.717) is 11.9 Å². The quantitative estimate of drug-likeness (QED) is 0.677. The number of amides is 1. The summed E-state index contributed by atoms with van der Waals surface area (Å²) in [7, 11) is 1.96. The number of carbonyl (C=O) groups excluding carboxylic acids is 1. The minimum absolute atomic E-state index is 0.00160. The van der Waals surface area contributed by atoms with E-state index in [1.807, 2.05) is 11.9 Å². The van der Waals surface area contributed by atoms with Gasteiger partial charge in [-0.15, -0.1) is 0 Å². The molecule has 0 N–H and O–H groups in total. The number of likely N-dealkylation sites (tertiary alicyclic amines) is 2. The molecule has 2 saturated heterocycles. The van der Waals surface area contributed by atoms with Gasteiger partial charge in [-0.25, -0.2) is 0 Å². The monoisotopic (exact) mass is 224 g/mol. The van der Waals surface area contributed by atoms with Gasteiger partial charge >= 0.3 is 0 Å². The van der Waals surface area contributed by atoms with Crippen LogP contribution in [0, 0.1) is 5.41 Å². The van der Waals surface area contributed by atoms with E-state index >= 15 is 0 Å². The smallest absolute Gasteiger partial charge is 0.228 e. The second-order valence-corrected chi connectivity index (χ2v) is 5.74. The molecule has 2 aliphatic rings. The minimum atomic E-state index is -0.00160. The lowest BCUT2D eigenvalue weighted by atomic mass is 9.71. The Morgan fingerprint density at radius 2 is 1.75 bits per heavy atom. The van der Waals surface area contributed by atoms with Crippen LogP contribution in [0.2, 0.25) is 0 Å². The predicted molar refractivity (Wildman–Crippen MR) is 65.2 cm³/mol. The average molecular weight is 224 g/mol. The fraction of sp³-hybridized carbons (Fsp3) is 0.923. The van der Waals surface area contributed by atoms with E-state index in [9.17, 15) is 4.79 Å². The van der Waals surface area contributed by atoms with Crippen molar-refractivity contribution in [3.63, 3.8) is 0 Å². The van der Waals surface area contributed by atoms with Crippen molar-refractivity contribution in [2.45, 2.75) is 45.6 Å². The largest absolute Gasteiger partial charge is 0.345 e. The summed E-state index contributed by atoms with van der Waals surface area (Å²) >= 11 is 0. The molecule has 0 unspecified atom stereocenters. The van der Waals surface area contributed by atoms with Gasteiger partial charge in [0.05, 0.1) is 5.41 Å². The highest BCUT2D eigenvalue weighted by Crippen LogP contribution is 2.40. The molecule has 0 radical (unpaired) electrons. The highest BCUT2D eigenvalue weighted by atomic mass is 16.2. The van der Waals surface area contributed by atoms with Crippen molar-refractivity contribution in [1.29, 1.82) is 0 Å². The molecule has 0 atom stereocenters. The van der Waals surface area contributed by atoms with Gasteiger partial charge in [-0.3, -0.25) is 4.79 Å². The minimum Gasteiger partial charge on any atom is -0.345 e. The maximum Gasteiger partial charge on any atom is 0.228 e. The third-order valence-corrected chi connectivity index (χ3v) is 4.43. The van der Waals surface area contributed by atoms with Gasteiger partial charge in [0.15, 0.2) is 0 Å². The molecule has 0 aromatic rings. The Bertz CT molecular complexity index is 267. The predicted octanol–water partition coefficient (Wildman–Crippen LogP) is 1.73. The number of nitrogens with zero attached hydrogens (tertiary/aromatic N) is 2. The standard InChI is InChI=1S/C13H24N2O/c1-11(2)15-9-6-13(7-10-15)5-4-8-14(3)12(13)16/h11H,4-10H2,1-3H3. The number of hydrogen-bond donors (Lipinski definition) is 0.